The number of aryl methyl sites for hydroxylation is 1. The SMILES string of the molecule is Cc1nnc2n1-c1sc3c(c1C(c1ccccc1Cl)=NC21CC1)C[C@H](C(=O)NC1CCC(C(F)(F)F)CC1)C3. The summed E-state index contributed by atoms with van der Waals surface area (Å²) in [5, 5.41) is 13.6. The molecule has 1 atom stereocenters. The zero-order valence-corrected chi connectivity index (χ0v) is 22.9. The van der Waals surface area contributed by atoms with Gasteiger partial charge in [0.2, 0.25) is 5.91 Å². The van der Waals surface area contributed by atoms with Crippen molar-refractivity contribution in [2.45, 2.75) is 76.0 Å². The average molecular weight is 574 g/mol. The lowest BCUT2D eigenvalue weighted by Crippen LogP contribution is -2.42. The molecule has 4 aliphatic rings. The van der Waals surface area contributed by atoms with E-state index in [9.17, 15) is 18.0 Å². The Hall–Kier alpha value is -2.72. The van der Waals surface area contributed by atoms with Crippen molar-refractivity contribution in [1.29, 1.82) is 0 Å². The molecule has 11 heteroatoms. The van der Waals surface area contributed by atoms with E-state index in [-0.39, 0.29) is 30.7 Å². The minimum absolute atomic E-state index is 0.0694. The minimum atomic E-state index is -4.16. The predicted octanol–water partition coefficient (Wildman–Crippen LogP) is 6.08. The Morgan fingerprint density at radius 2 is 1.87 bits per heavy atom. The first kappa shape index (κ1) is 25.3. The van der Waals surface area contributed by atoms with E-state index in [1.807, 2.05) is 31.2 Å². The first-order valence-electron chi connectivity index (χ1n) is 13.4. The van der Waals surface area contributed by atoms with Crippen LogP contribution in [-0.4, -0.2) is 38.6 Å². The summed E-state index contributed by atoms with van der Waals surface area (Å²) < 4.78 is 41.4. The number of nitrogens with zero attached hydrogens (tertiary/aromatic N) is 4. The Morgan fingerprint density at radius 3 is 2.56 bits per heavy atom. The van der Waals surface area contributed by atoms with E-state index < -0.39 is 17.6 Å². The predicted molar refractivity (Wildman–Crippen MR) is 143 cm³/mol. The molecule has 3 aliphatic carbocycles. The summed E-state index contributed by atoms with van der Waals surface area (Å²) in [6.07, 6.45) is -0.376. The fraction of sp³-hybridized carbons (Fsp3) is 0.500. The van der Waals surface area contributed by atoms with Gasteiger partial charge >= 0.3 is 6.18 Å². The molecule has 2 saturated carbocycles. The second kappa shape index (κ2) is 8.89. The Labute approximate surface area is 232 Å². The highest BCUT2D eigenvalue weighted by molar-refractivity contribution is 7.15. The molecule has 0 saturated heterocycles. The summed E-state index contributed by atoms with van der Waals surface area (Å²) in [7, 11) is 0. The molecule has 0 radical (unpaired) electrons. The van der Waals surface area contributed by atoms with E-state index in [1.165, 1.54) is 0 Å². The van der Waals surface area contributed by atoms with Gasteiger partial charge in [0.25, 0.3) is 0 Å². The third-order valence-electron chi connectivity index (χ3n) is 8.72. The van der Waals surface area contributed by atoms with Crippen LogP contribution in [0.15, 0.2) is 29.3 Å². The summed E-state index contributed by atoms with van der Waals surface area (Å²) in [6, 6.07) is 7.50. The second-order valence-corrected chi connectivity index (χ2v) is 12.8. The topological polar surface area (TPSA) is 72.2 Å². The number of aliphatic imine (C=N–C) groups is 1. The molecule has 0 unspecified atom stereocenters. The summed E-state index contributed by atoms with van der Waals surface area (Å²) >= 11 is 8.36. The number of carbonyl (C=O) groups excluding carboxylic acids is 1. The molecule has 39 heavy (non-hydrogen) atoms. The monoisotopic (exact) mass is 573 g/mol. The first-order valence-corrected chi connectivity index (χ1v) is 14.6. The summed E-state index contributed by atoms with van der Waals surface area (Å²) in [4.78, 5) is 19.8. The third-order valence-corrected chi connectivity index (χ3v) is 10.3. The van der Waals surface area contributed by atoms with Crippen LogP contribution in [0.25, 0.3) is 5.00 Å². The number of hydrogen-bond donors (Lipinski definition) is 1. The minimum Gasteiger partial charge on any atom is -0.353 e. The summed E-state index contributed by atoms with van der Waals surface area (Å²) in [5.41, 5.74) is 3.37. The Balaban J connectivity index is 1.21. The smallest absolute Gasteiger partial charge is 0.353 e. The molecular formula is C28H27ClF3N5OS. The van der Waals surface area contributed by atoms with Crippen molar-refractivity contribution in [2.24, 2.45) is 16.8 Å². The van der Waals surface area contributed by atoms with Crippen molar-refractivity contribution in [3.05, 3.63) is 62.5 Å². The van der Waals surface area contributed by atoms with E-state index >= 15 is 0 Å². The van der Waals surface area contributed by atoms with Crippen molar-refractivity contribution in [3.63, 3.8) is 0 Å². The van der Waals surface area contributed by atoms with Crippen LogP contribution >= 0.6 is 22.9 Å². The Bertz CT molecular complexity index is 1510. The van der Waals surface area contributed by atoms with Crippen molar-refractivity contribution < 1.29 is 18.0 Å². The number of nitrogens with one attached hydrogen (secondary N) is 1. The largest absolute Gasteiger partial charge is 0.391 e. The number of alkyl halides is 3. The third kappa shape index (κ3) is 4.13. The van der Waals surface area contributed by atoms with Gasteiger partial charge in [-0.15, -0.1) is 21.5 Å². The fourth-order valence-corrected chi connectivity index (χ4v) is 8.10. The van der Waals surface area contributed by atoms with Gasteiger partial charge in [0.1, 0.15) is 16.4 Å². The molecule has 2 fully saturated rings. The maximum absolute atomic E-state index is 13.3. The van der Waals surface area contributed by atoms with Gasteiger partial charge in [-0.3, -0.25) is 14.4 Å². The van der Waals surface area contributed by atoms with Crippen LogP contribution in [0.5, 0.6) is 0 Å². The number of carbonyl (C=O) groups is 1. The van der Waals surface area contributed by atoms with Crippen molar-refractivity contribution >= 4 is 34.6 Å². The number of fused-ring (bicyclic) bond motifs is 6. The second-order valence-electron chi connectivity index (χ2n) is 11.3. The zero-order valence-electron chi connectivity index (χ0n) is 21.3. The molecular weight excluding hydrogens is 547 g/mol. The molecule has 2 aromatic heterocycles. The quantitative estimate of drug-likeness (QED) is 0.413. The normalized spacial score (nSPS) is 24.9. The molecule has 1 aromatic carbocycles. The van der Waals surface area contributed by atoms with E-state index in [0.717, 1.165) is 56.8 Å². The fourth-order valence-electron chi connectivity index (χ4n) is 6.42. The van der Waals surface area contributed by atoms with Gasteiger partial charge in [-0.1, -0.05) is 29.8 Å². The number of aromatic nitrogens is 3. The highest BCUT2D eigenvalue weighted by atomic mass is 35.5. The molecule has 1 N–H and O–H groups in total. The molecule has 1 aliphatic heterocycles. The van der Waals surface area contributed by atoms with Crippen molar-refractivity contribution in [2.75, 3.05) is 0 Å². The van der Waals surface area contributed by atoms with E-state index in [4.69, 9.17) is 16.6 Å². The van der Waals surface area contributed by atoms with Crippen molar-refractivity contribution in [1.82, 2.24) is 20.1 Å². The maximum atomic E-state index is 13.3. The van der Waals surface area contributed by atoms with Crippen LogP contribution in [0, 0.1) is 18.8 Å². The van der Waals surface area contributed by atoms with Crippen LogP contribution in [0.3, 0.4) is 0 Å². The van der Waals surface area contributed by atoms with Gasteiger partial charge in [-0.25, -0.2) is 0 Å². The number of rotatable bonds is 3. The summed E-state index contributed by atoms with van der Waals surface area (Å²) in [6.45, 7) is 1.95. The molecule has 1 spiro atoms. The van der Waals surface area contributed by atoms with Gasteiger partial charge < -0.3 is 5.32 Å². The Morgan fingerprint density at radius 1 is 1.13 bits per heavy atom. The lowest BCUT2D eigenvalue weighted by Gasteiger charge is -2.30. The number of hydrogen-bond acceptors (Lipinski definition) is 5. The van der Waals surface area contributed by atoms with E-state index in [2.05, 4.69) is 20.1 Å². The lowest BCUT2D eigenvalue weighted by atomic mass is 9.85. The van der Waals surface area contributed by atoms with Gasteiger partial charge in [-0.05, 0) is 69.9 Å². The van der Waals surface area contributed by atoms with Crippen LogP contribution in [0.1, 0.15) is 71.7 Å². The number of thiophene rings is 1. The van der Waals surface area contributed by atoms with Crippen LogP contribution in [0.4, 0.5) is 13.2 Å². The maximum Gasteiger partial charge on any atom is 0.391 e. The molecule has 6 nitrogen and oxygen atoms in total. The molecule has 3 aromatic rings. The highest BCUT2D eigenvalue weighted by Crippen LogP contribution is 2.54. The first-order chi connectivity index (χ1) is 18.6. The van der Waals surface area contributed by atoms with Gasteiger partial charge in [0.15, 0.2) is 5.82 Å². The summed E-state index contributed by atoms with van der Waals surface area (Å²) in [5.74, 6) is 0.0583. The zero-order chi connectivity index (χ0) is 27.1. The van der Waals surface area contributed by atoms with Gasteiger partial charge in [-0.2, -0.15) is 13.2 Å². The average Bonchev–Trinajstić information content (AvgIpc) is 3.23. The van der Waals surface area contributed by atoms with Crippen molar-refractivity contribution in [3.8, 4) is 5.00 Å². The van der Waals surface area contributed by atoms with E-state index in [0.29, 0.717) is 30.7 Å². The molecule has 7 rings (SSSR count). The number of halogens is 4. The highest BCUT2D eigenvalue weighted by Gasteiger charge is 2.52. The number of benzene rings is 1. The van der Waals surface area contributed by atoms with Crippen LogP contribution < -0.4 is 5.32 Å². The van der Waals surface area contributed by atoms with Gasteiger partial charge in [0.05, 0.1) is 11.6 Å². The molecule has 3 heterocycles. The Kier molecular flexibility index (Phi) is 5.76. The standard InChI is InChI=1S/C28H27ClF3N5OS/c1-14-35-36-26-27(10-11-27)34-23(18-4-2-3-5-20(18)29)22-19-12-15(13-21(19)39-25(22)37(14)26)24(38)33-17-8-6-16(7-9-17)28(30,31)32/h2-5,15-17H,6-13H2,1H3,(H,33,38)/t15-,16?,17?/m0/s1. The van der Waals surface area contributed by atoms with Gasteiger partial charge in [0, 0.05) is 33.0 Å². The van der Waals surface area contributed by atoms with Crippen LogP contribution in [0.2, 0.25) is 5.02 Å². The molecule has 1 amide bonds. The lowest BCUT2D eigenvalue weighted by molar-refractivity contribution is -0.182. The van der Waals surface area contributed by atoms with E-state index in [1.54, 1.807) is 11.3 Å². The molecule has 0 bridgehead atoms. The number of amides is 1. The molecule has 204 valence electrons. The van der Waals surface area contributed by atoms with Crippen LogP contribution in [-0.2, 0) is 23.2 Å².